The Balaban J connectivity index is 2.08. The van der Waals surface area contributed by atoms with Gasteiger partial charge in [-0.2, -0.15) is 26.3 Å². The molecule has 1 atom stereocenters. The second-order valence-corrected chi connectivity index (χ2v) is 5.51. The first kappa shape index (κ1) is 17.6. The van der Waals surface area contributed by atoms with Crippen molar-refractivity contribution in [3.05, 3.63) is 35.4 Å². The maximum atomic E-state index is 13.0. The second kappa shape index (κ2) is 6.41. The van der Waals surface area contributed by atoms with E-state index in [9.17, 15) is 31.1 Å². The van der Waals surface area contributed by atoms with E-state index in [1.807, 2.05) is 0 Å². The smallest absolute Gasteiger partial charge is 0.330 e. The standard InChI is InChI=1S/C15H15F6NO/c16-14(17,18)11-6-4-10(5-7-11)9-13(23)22-8-2-1-3-12(22)15(19,20)21/h4-7,12H,1-3,8-9H2. The molecule has 0 radical (unpaired) electrons. The van der Waals surface area contributed by atoms with Gasteiger partial charge >= 0.3 is 12.4 Å². The number of alkyl halides is 6. The minimum atomic E-state index is -4.49. The van der Waals surface area contributed by atoms with Gasteiger partial charge in [0.2, 0.25) is 5.91 Å². The van der Waals surface area contributed by atoms with Gasteiger partial charge in [0, 0.05) is 6.54 Å². The van der Waals surface area contributed by atoms with Gasteiger partial charge in [-0.05, 0) is 37.0 Å². The molecule has 1 aromatic carbocycles. The summed E-state index contributed by atoms with van der Waals surface area (Å²) in [7, 11) is 0. The molecule has 0 aromatic heterocycles. The fraction of sp³-hybridized carbons (Fsp3) is 0.533. The topological polar surface area (TPSA) is 20.3 Å². The van der Waals surface area contributed by atoms with E-state index in [0.29, 0.717) is 12.8 Å². The van der Waals surface area contributed by atoms with Gasteiger partial charge in [-0.15, -0.1) is 0 Å². The molecule has 2 rings (SSSR count). The molecule has 0 N–H and O–H groups in total. The molecule has 1 aliphatic rings. The number of amides is 1. The molecule has 1 unspecified atom stereocenters. The zero-order valence-corrected chi connectivity index (χ0v) is 12.0. The van der Waals surface area contributed by atoms with Crippen molar-refractivity contribution in [2.75, 3.05) is 6.54 Å². The number of likely N-dealkylation sites (tertiary alicyclic amines) is 1. The SMILES string of the molecule is O=C(Cc1ccc(C(F)(F)F)cc1)N1CCCCC1C(F)(F)F. The van der Waals surface area contributed by atoms with Gasteiger partial charge in [0.1, 0.15) is 6.04 Å². The lowest BCUT2D eigenvalue weighted by Gasteiger charge is -2.36. The largest absolute Gasteiger partial charge is 0.416 e. The average molecular weight is 339 g/mol. The van der Waals surface area contributed by atoms with E-state index in [4.69, 9.17) is 0 Å². The molecule has 1 saturated heterocycles. The van der Waals surface area contributed by atoms with E-state index in [1.165, 1.54) is 0 Å². The van der Waals surface area contributed by atoms with E-state index in [2.05, 4.69) is 0 Å². The summed E-state index contributed by atoms with van der Waals surface area (Å²) < 4.78 is 76.2. The molecule has 1 aliphatic heterocycles. The first-order valence-corrected chi connectivity index (χ1v) is 7.11. The number of piperidine rings is 1. The number of hydrogen-bond acceptors (Lipinski definition) is 1. The van der Waals surface area contributed by atoms with Crippen LogP contribution in [-0.4, -0.2) is 29.6 Å². The molecule has 0 spiro atoms. The Kier molecular flexibility index (Phi) is 4.91. The monoisotopic (exact) mass is 339 g/mol. The molecule has 1 fully saturated rings. The zero-order valence-electron chi connectivity index (χ0n) is 12.0. The molecular formula is C15H15F6NO. The minimum Gasteiger partial charge on any atom is -0.330 e. The highest BCUT2D eigenvalue weighted by molar-refractivity contribution is 5.79. The molecule has 8 heteroatoms. The van der Waals surface area contributed by atoms with Crippen LogP contribution < -0.4 is 0 Å². The van der Waals surface area contributed by atoms with Crippen molar-refractivity contribution in [2.24, 2.45) is 0 Å². The Morgan fingerprint density at radius 3 is 2.17 bits per heavy atom. The second-order valence-electron chi connectivity index (χ2n) is 5.51. The van der Waals surface area contributed by atoms with Crippen molar-refractivity contribution >= 4 is 5.91 Å². The van der Waals surface area contributed by atoms with E-state index < -0.39 is 29.9 Å². The Labute approximate surface area is 129 Å². The van der Waals surface area contributed by atoms with Crippen LogP contribution in [0.5, 0.6) is 0 Å². The Morgan fingerprint density at radius 1 is 1.04 bits per heavy atom. The number of hydrogen-bond donors (Lipinski definition) is 0. The maximum Gasteiger partial charge on any atom is 0.416 e. The number of halogens is 6. The van der Waals surface area contributed by atoms with Gasteiger partial charge in [0.25, 0.3) is 0 Å². The normalized spacial score (nSPS) is 19.7. The van der Waals surface area contributed by atoms with Crippen LogP contribution in [0.25, 0.3) is 0 Å². The van der Waals surface area contributed by atoms with Gasteiger partial charge in [-0.25, -0.2) is 0 Å². The molecule has 1 aromatic rings. The van der Waals surface area contributed by atoms with Crippen LogP contribution in [0.2, 0.25) is 0 Å². The van der Waals surface area contributed by atoms with Gasteiger partial charge in [0.05, 0.1) is 12.0 Å². The summed E-state index contributed by atoms with van der Waals surface area (Å²) in [6.07, 6.45) is -8.57. The molecule has 0 aliphatic carbocycles. The number of nitrogens with zero attached hydrogens (tertiary/aromatic N) is 1. The first-order valence-electron chi connectivity index (χ1n) is 7.11. The predicted octanol–water partition coefficient (Wildman–Crippen LogP) is 4.19. The van der Waals surface area contributed by atoms with Gasteiger partial charge < -0.3 is 4.90 Å². The van der Waals surface area contributed by atoms with Crippen LogP contribution in [0.1, 0.15) is 30.4 Å². The summed E-state index contributed by atoms with van der Waals surface area (Å²) >= 11 is 0. The Morgan fingerprint density at radius 2 is 1.65 bits per heavy atom. The Bertz CT molecular complexity index is 549. The lowest BCUT2D eigenvalue weighted by Crippen LogP contribution is -2.51. The fourth-order valence-electron chi connectivity index (χ4n) is 2.66. The van der Waals surface area contributed by atoms with E-state index in [-0.39, 0.29) is 24.9 Å². The minimum absolute atomic E-state index is 0.0175. The summed E-state index contributed by atoms with van der Waals surface area (Å²) in [6, 6.07) is 2.07. The summed E-state index contributed by atoms with van der Waals surface area (Å²) in [6.45, 7) is 0.0175. The molecule has 128 valence electrons. The van der Waals surface area contributed by atoms with Crippen LogP contribution >= 0.6 is 0 Å². The zero-order chi connectivity index (χ0) is 17.3. The van der Waals surface area contributed by atoms with E-state index >= 15 is 0 Å². The van der Waals surface area contributed by atoms with Crippen molar-refractivity contribution in [1.29, 1.82) is 0 Å². The molecule has 0 bridgehead atoms. The quantitative estimate of drug-likeness (QED) is 0.740. The average Bonchev–Trinajstić information content (AvgIpc) is 2.46. The third kappa shape index (κ3) is 4.39. The van der Waals surface area contributed by atoms with Crippen molar-refractivity contribution in [2.45, 2.75) is 44.1 Å². The summed E-state index contributed by atoms with van der Waals surface area (Å²) in [4.78, 5) is 12.9. The van der Waals surface area contributed by atoms with Gasteiger partial charge in [-0.3, -0.25) is 4.79 Å². The highest BCUT2D eigenvalue weighted by Crippen LogP contribution is 2.32. The Hall–Kier alpha value is -1.73. The number of carbonyl (C=O) groups excluding carboxylic acids is 1. The number of rotatable bonds is 2. The van der Waals surface area contributed by atoms with Crippen molar-refractivity contribution in [1.82, 2.24) is 4.90 Å². The molecular weight excluding hydrogens is 324 g/mol. The highest BCUT2D eigenvalue weighted by atomic mass is 19.4. The lowest BCUT2D eigenvalue weighted by atomic mass is 10.00. The van der Waals surface area contributed by atoms with Gasteiger partial charge in [-0.1, -0.05) is 12.1 Å². The van der Waals surface area contributed by atoms with Crippen molar-refractivity contribution in [3.63, 3.8) is 0 Å². The molecule has 1 amide bonds. The van der Waals surface area contributed by atoms with Crippen LogP contribution in [0, 0.1) is 0 Å². The van der Waals surface area contributed by atoms with Gasteiger partial charge in [0.15, 0.2) is 0 Å². The summed E-state index contributed by atoms with van der Waals surface area (Å²) in [5.41, 5.74) is -0.602. The summed E-state index contributed by atoms with van der Waals surface area (Å²) in [5, 5.41) is 0. The predicted molar refractivity (Wildman–Crippen MR) is 70.6 cm³/mol. The molecule has 0 saturated carbocycles. The molecule has 23 heavy (non-hydrogen) atoms. The fourth-order valence-corrected chi connectivity index (χ4v) is 2.66. The van der Waals surface area contributed by atoms with E-state index in [0.717, 1.165) is 29.2 Å². The molecule has 2 nitrogen and oxygen atoms in total. The van der Waals surface area contributed by atoms with Crippen molar-refractivity contribution < 1.29 is 31.1 Å². The van der Waals surface area contributed by atoms with Crippen LogP contribution in [0.4, 0.5) is 26.3 Å². The maximum absolute atomic E-state index is 13.0. The third-order valence-electron chi connectivity index (χ3n) is 3.84. The van der Waals surface area contributed by atoms with Crippen LogP contribution in [0.15, 0.2) is 24.3 Å². The van der Waals surface area contributed by atoms with Crippen molar-refractivity contribution in [3.8, 4) is 0 Å². The summed E-state index contributed by atoms with van der Waals surface area (Å²) in [5.74, 6) is -0.716. The number of carbonyl (C=O) groups is 1. The van der Waals surface area contributed by atoms with Crippen LogP contribution in [-0.2, 0) is 17.4 Å². The highest BCUT2D eigenvalue weighted by Gasteiger charge is 2.46. The van der Waals surface area contributed by atoms with Crippen LogP contribution in [0.3, 0.4) is 0 Å². The third-order valence-corrected chi connectivity index (χ3v) is 3.84. The lowest BCUT2D eigenvalue weighted by molar-refractivity contribution is -0.195. The first-order chi connectivity index (χ1) is 10.6. The van der Waals surface area contributed by atoms with E-state index in [1.54, 1.807) is 0 Å². The number of benzene rings is 1. The molecule has 1 heterocycles.